The van der Waals surface area contributed by atoms with E-state index < -0.39 is 4.92 Å². The molecule has 0 spiro atoms. The molecular weight excluding hydrogens is 286 g/mol. The van der Waals surface area contributed by atoms with Crippen LogP contribution in [0.25, 0.3) is 0 Å². The smallest absolute Gasteiger partial charge is 0.272 e. The van der Waals surface area contributed by atoms with Crippen LogP contribution in [0.4, 0.5) is 5.69 Å². The van der Waals surface area contributed by atoms with Gasteiger partial charge in [-0.3, -0.25) is 10.1 Å². The molecule has 3 N–H and O–H groups in total. The molecule has 7 nitrogen and oxygen atoms in total. The van der Waals surface area contributed by atoms with Gasteiger partial charge in [0.1, 0.15) is 25.4 Å². The van der Waals surface area contributed by atoms with E-state index in [-0.39, 0.29) is 5.69 Å². The highest BCUT2D eigenvalue weighted by molar-refractivity contribution is 5.44. The minimum absolute atomic E-state index is 0.110. The highest BCUT2D eigenvalue weighted by Gasteiger charge is 2.10. The Morgan fingerprint density at radius 1 is 1.23 bits per heavy atom. The van der Waals surface area contributed by atoms with Gasteiger partial charge in [-0.15, -0.1) is 0 Å². The van der Waals surface area contributed by atoms with E-state index in [1.54, 1.807) is 19.1 Å². The van der Waals surface area contributed by atoms with Crippen LogP contribution in [0.1, 0.15) is 5.56 Å². The number of hydrogen-bond acceptors (Lipinski definition) is 4. The predicted molar refractivity (Wildman–Crippen MR) is 83.5 cm³/mol. The predicted octanol–water partition coefficient (Wildman–Crippen LogP) is -0.993. The topological polar surface area (TPSA) is 82.6 Å². The molecule has 0 fully saturated rings. The van der Waals surface area contributed by atoms with Crippen LogP contribution in [0.15, 0.2) is 18.2 Å². The summed E-state index contributed by atoms with van der Waals surface area (Å²) in [5, 5.41) is 13.0. The van der Waals surface area contributed by atoms with Gasteiger partial charge in [-0.2, -0.15) is 0 Å². The molecule has 0 heterocycles. The van der Waals surface area contributed by atoms with Crippen LogP contribution in [-0.2, 0) is 4.74 Å². The van der Waals surface area contributed by atoms with Crippen molar-refractivity contribution in [3.05, 3.63) is 33.9 Å². The van der Waals surface area contributed by atoms with Crippen LogP contribution in [0.3, 0.4) is 0 Å². The van der Waals surface area contributed by atoms with Crippen molar-refractivity contribution in [1.29, 1.82) is 0 Å². The van der Waals surface area contributed by atoms with E-state index in [0.717, 1.165) is 19.6 Å². The van der Waals surface area contributed by atoms with Crippen LogP contribution in [0, 0.1) is 17.0 Å². The first-order valence-electron chi connectivity index (χ1n) is 7.57. The summed E-state index contributed by atoms with van der Waals surface area (Å²) in [6, 6.07) is 4.76. The molecule has 0 aliphatic carbocycles. The monoisotopic (exact) mass is 313 g/mol. The maximum atomic E-state index is 10.7. The summed E-state index contributed by atoms with van der Waals surface area (Å²) >= 11 is 0. The Morgan fingerprint density at radius 3 is 2.64 bits per heavy atom. The lowest BCUT2D eigenvalue weighted by molar-refractivity contribution is -0.874. The van der Waals surface area contributed by atoms with Gasteiger partial charge in [-0.05, 0) is 19.1 Å². The first kappa shape index (κ1) is 18.3. The van der Waals surface area contributed by atoms with Gasteiger partial charge in [0.05, 0.1) is 38.8 Å². The fourth-order valence-corrected chi connectivity index (χ4v) is 1.94. The number of nitro benzene ring substituents is 1. The number of rotatable bonds is 11. The van der Waals surface area contributed by atoms with Gasteiger partial charge < -0.3 is 19.7 Å². The summed E-state index contributed by atoms with van der Waals surface area (Å²) in [6.45, 7) is 6.55. The normalized spacial score (nSPS) is 10.9. The molecule has 1 aromatic rings. The summed E-state index contributed by atoms with van der Waals surface area (Å²) in [6.07, 6.45) is 0. The Hall–Kier alpha value is -1.70. The fourth-order valence-electron chi connectivity index (χ4n) is 1.94. The molecule has 0 aliphatic heterocycles. The number of nitrogens with one attached hydrogen (secondary N) is 1. The molecule has 0 saturated carbocycles. The summed E-state index contributed by atoms with van der Waals surface area (Å²) in [5.41, 5.74) is 0.708. The van der Waals surface area contributed by atoms with Crippen molar-refractivity contribution in [2.75, 3.05) is 53.6 Å². The Bertz CT molecular complexity index is 466. The van der Waals surface area contributed by atoms with Crippen molar-refractivity contribution in [2.24, 2.45) is 0 Å². The number of nitrogens with zero attached hydrogens (tertiary/aromatic N) is 1. The molecule has 0 atom stereocenters. The first-order valence-corrected chi connectivity index (χ1v) is 7.57. The zero-order valence-corrected chi connectivity index (χ0v) is 13.6. The van der Waals surface area contributed by atoms with Crippen molar-refractivity contribution in [2.45, 2.75) is 6.92 Å². The van der Waals surface area contributed by atoms with Gasteiger partial charge in [-0.25, -0.2) is 0 Å². The van der Waals surface area contributed by atoms with Crippen LogP contribution >= 0.6 is 0 Å². The van der Waals surface area contributed by atoms with Crippen molar-refractivity contribution in [1.82, 2.24) is 0 Å². The number of hydrogen-bond donors (Lipinski definition) is 2. The van der Waals surface area contributed by atoms with Crippen LogP contribution in [0.5, 0.6) is 5.75 Å². The first-order chi connectivity index (χ1) is 10.5. The van der Waals surface area contributed by atoms with E-state index in [0.29, 0.717) is 31.1 Å². The Kier molecular flexibility index (Phi) is 8.42. The van der Waals surface area contributed by atoms with E-state index in [1.807, 2.05) is 0 Å². The van der Waals surface area contributed by atoms with Gasteiger partial charge in [0.15, 0.2) is 0 Å². The molecule has 0 radical (unpaired) electrons. The summed E-state index contributed by atoms with van der Waals surface area (Å²) < 4.78 is 11.0. The highest BCUT2D eigenvalue weighted by atomic mass is 16.6. The molecule has 0 aromatic heterocycles. The zero-order chi connectivity index (χ0) is 16.4. The minimum Gasteiger partial charge on any atom is -0.491 e. The molecular formula is C15H27N3O4+2. The summed E-state index contributed by atoms with van der Waals surface area (Å²) in [7, 11) is 4.28. The van der Waals surface area contributed by atoms with E-state index in [2.05, 4.69) is 19.4 Å². The Morgan fingerprint density at radius 2 is 2.00 bits per heavy atom. The van der Waals surface area contributed by atoms with Crippen molar-refractivity contribution >= 4 is 5.69 Å². The fraction of sp³-hybridized carbons (Fsp3) is 0.600. The van der Waals surface area contributed by atoms with Gasteiger partial charge in [0, 0.05) is 11.6 Å². The second-order valence-corrected chi connectivity index (χ2v) is 5.49. The van der Waals surface area contributed by atoms with E-state index in [4.69, 9.17) is 9.47 Å². The standard InChI is InChI=1S/C15H25N3O4/c1-13-12-14(4-5-15(13)18(19)20)22-11-10-21-9-7-16-6-8-17(2)3/h4-5,12,16H,6-11H2,1-3H3/p+2. The van der Waals surface area contributed by atoms with E-state index in [1.165, 1.54) is 11.0 Å². The molecule has 0 amide bonds. The van der Waals surface area contributed by atoms with Gasteiger partial charge >= 0.3 is 0 Å². The van der Waals surface area contributed by atoms with Gasteiger partial charge in [0.25, 0.3) is 5.69 Å². The lowest BCUT2D eigenvalue weighted by Gasteiger charge is -2.08. The lowest BCUT2D eigenvalue weighted by Crippen LogP contribution is -3.09. The van der Waals surface area contributed by atoms with E-state index >= 15 is 0 Å². The summed E-state index contributed by atoms with van der Waals surface area (Å²) in [4.78, 5) is 11.8. The largest absolute Gasteiger partial charge is 0.491 e. The third kappa shape index (κ3) is 7.35. The maximum absolute atomic E-state index is 10.7. The van der Waals surface area contributed by atoms with Gasteiger partial charge in [0.2, 0.25) is 0 Å². The highest BCUT2D eigenvalue weighted by Crippen LogP contribution is 2.22. The van der Waals surface area contributed by atoms with Crippen LogP contribution < -0.4 is 15.0 Å². The lowest BCUT2D eigenvalue weighted by atomic mass is 10.2. The Balaban J connectivity index is 2.10. The molecule has 7 heteroatoms. The third-order valence-electron chi connectivity index (χ3n) is 3.18. The average molecular weight is 313 g/mol. The number of nitro groups is 1. The number of quaternary nitrogens is 2. The number of ether oxygens (including phenoxy) is 2. The number of likely N-dealkylation sites (N-methyl/N-ethyl adjacent to an activating group) is 1. The quantitative estimate of drug-likeness (QED) is 0.312. The van der Waals surface area contributed by atoms with Gasteiger partial charge in [-0.1, -0.05) is 0 Å². The average Bonchev–Trinajstić information content (AvgIpc) is 2.44. The number of aryl methyl sites for hydroxylation is 1. The molecule has 0 unspecified atom stereocenters. The molecule has 0 saturated heterocycles. The second kappa shape index (κ2) is 10.1. The molecule has 0 aliphatic rings. The Labute approximate surface area is 131 Å². The molecule has 124 valence electrons. The number of benzene rings is 1. The SMILES string of the molecule is Cc1cc(OCCOCC[NH2+]CC[NH+](C)C)ccc1[N+](=O)[O-]. The van der Waals surface area contributed by atoms with E-state index in [9.17, 15) is 10.1 Å². The summed E-state index contributed by atoms with van der Waals surface area (Å²) in [5.74, 6) is 0.632. The minimum atomic E-state index is -0.392. The maximum Gasteiger partial charge on any atom is 0.272 e. The third-order valence-corrected chi connectivity index (χ3v) is 3.18. The molecule has 22 heavy (non-hydrogen) atoms. The van der Waals surface area contributed by atoms with Crippen molar-refractivity contribution < 1.29 is 24.6 Å². The van der Waals surface area contributed by atoms with Crippen molar-refractivity contribution in [3.8, 4) is 5.75 Å². The number of nitrogens with two attached hydrogens (primary N) is 1. The molecule has 1 aromatic carbocycles. The molecule has 0 bridgehead atoms. The zero-order valence-electron chi connectivity index (χ0n) is 13.6. The second-order valence-electron chi connectivity index (χ2n) is 5.49. The van der Waals surface area contributed by atoms with Crippen LogP contribution in [-0.4, -0.2) is 58.5 Å². The molecule has 1 rings (SSSR count). The van der Waals surface area contributed by atoms with Crippen molar-refractivity contribution in [3.63, 3.8) is 0 Å². The van der Waals surface area contributed by atoms with Crippen LogP contribution in [0.2, 0.25) is 0 Å².